The van der Waals surface area contributed by atoms with Gasteiger partial charge in [0.25, 0.3) is 0 Å². The summed E-state index contributed by atoms with van der Waals surface area (Å²) in [6, 6.07) is 2.03. The number of nitrogens with two attached hydrogens (primary N) is 1. The highest BCUT2D eigenvalue weighted by Crippen LogP contribution is 2.09. The highest BCUT2D eigenvalue weighted by Gasteiger charge is 2.07. The number of hydrogen-bond donors (Lipinski definition) is 2. The van der Waals surface area contributed by atoms with Gasteiger partial charge in [-0.2, -0.15) is 5.10 Å². The molecule has 0 aromatic carbocycles. The molecule has 1 unspecified atom stereocenters. The normalized spacial score (nSPS) is 14.5. The zero-order chi connectivity index (χ0) is 9.84. The maximum absolute atomic E-state index is 8.37. The van der Waals surface area contributed by atoms with Crippen molar-refractivity contribution in [1.29, 1.82) is 0 Å². The van der Waals surface area contributed by atoms with E-state index in [4.69, 9.17) is 10.9 Å². The summed E-state index contributed by atoms with van der Waals surface area (Å²) in [5.74, 6) is 0.223. The van der Waals surface area contributed by atoms with E-state index in [1.54, 1.807) is 4.68 Å². The maximum Gasteiger partial charge on any atom is 0.141 e. The summed E-state index contributed by atoms with van der Waals surface area (Å²) in [5.41, 5.74) is 6.34. The molecule has 1 rings (SSSR count). The highest BCUT2D eigenvalue weighted by molar-refractivity contribution is 5.79. The van der Waals surface area contributed by atoms with Gasteiger partial charge in [-0.25, -0.2) is 0 Å². The lowest BCUT2D eigenvalue weighted by Crippen LogP contribution is -2.18. The summed E-state index contributed by atoms with van der Waals surface area (Å²) in [5, 5.41) is 15.5. The van der Waals surface area contributed by atoms with Crippen LogP contribution in [0.3, 0.4) is 0 Å². The smallest absolute Gasteiger partial charge is 0.141 e. The first-order valence-electron chi connectivity index (χ1n) is 4.11. The van der Waals surface area contributed by atoms with Crippen molar-refractivity contribution in [2.45, 2.75) is 26.3 Å². The first-order chi connectivity index (χ1) is 6.13. The fourth-order valence-corrected chi connectivity index (χ4v) is 1.12. The van der Waals surface area contributed by atoms with Crippen molar-refractivity contribution in [3.05, 3.63) is 18.0 Å². The van der Waals surface area contributed by atoms with Crippen LogP contribution in [0.25, 0.3) is 0 Å². The third-order valence-electron chi connectivity index (χ3n) is 1.83. The van der Waals surface area contributed by atoms with Crippen molar-refractivity contribution in [3.63, 3.8) is 0 Å². The Labute approximate surface area is 76.8 Å². The van der Waals surface area contributed by atoms with E-state index in [0.29, 0.717) is 6.42 Å². The van der Waals surface area contributed by atoms with E-state index in [2.05, 4.69) is 10.3 Å². The molecule has 72 valence electrons. The lowest BCUT2D eigenvalue weighted by molar-refractivity contribution is 0.315. The van der Waals surface area contributed by atoms with Crippen LogP contribution in [0.2, 0.25) is 0 Å². The van der Waals surface area contributed by atoms with Gasteiger partial charge in [0.2, 0.25) is 0 Å². The molecule has 0 fully saturated rings. The largest absolute Gasteiger partial charge is 0.409 e. The van der Waals surface area contributed by atoms with E-state index < -0.39 is 0 Å². The van der Waals surface area contributed by atoms with Gasteiger partial charge in [-0.15, -0.1) is 0 Å². The van der Waals surface area contributed by atoms with Gasteiger partial charge in [0.05, 0.1) is 11.7 Å². The molecule has 0 saturated heterocycles. The van der Waals surface area contributed by atoms with E-state index in [1.807, 2.05) is 26.1 Å². The van der Waals surface area contributed by atoms with Gasteiger partial charge < -0.3 is 10.9 Å². The van der Waals surface area contributed by atoms with E-state index >= 15 is 0 Å². The molecule has 1 atom stereocenters. The van der Waals surface area contributed by atoms with Gasteiger partial charge in [-0.3, -0.25) is 4.68 Å². The molecule has 0 aliphatic rings. The molecule has 0 radical (unpaired) electrons. The predicted octanol–water partition coefficient (Wildman–Crippen LogP) is 0.889. The van der Waals surface area contributed by atoms with Crippen LogP contribution >= 0.6 is 0 Å². The van der Waals surface area contributed by atoms with Gasteiger partial charge in [-0.1, -0.05) is 5.16 Å². The first-order valence-corrected chi connectivity index (χ1v) is 4.11. The molecule has 0 aliphatic heterocycles. The van der Waals surface area contributed by atoms with Crippen LogP contribution in [0.4, 0.5) is 0 Å². The van der Waals surface area contributed by atoms with E-state index in [0.717, 1.165) is 5.69 Å². The molecule has 1 aromatic rings. The topological polar surface area (TPSA) is 76.4 Å². The zero-order valence-electron chi connectivity index (χ0n) is 7.81. The Bertz CT molecular complexity index is 305. The fraction of sp³-hybridized carbons (Fsp3) is 0.500. The fourth-order valence-electron chi connectivity index (χ4n) is 1.12. The molecule has 0 aliphatic carbocycles. The lowest BCUT2D eigenvalue weighted by atomic mass is 10.2. The zero-order valence-corrected chi connectivity index (χ0v) is 7.81. The second-order valence-corrected chi connectivity index (χ2v) is 3.08. The van der Waals surface area contributed by atoms with Crippen molar-refractivity contribution in [1.82, 2.24) is 9.78 Å². The molecule has 0 bridgehead atoms. The van der Waals surface area contributed by atoms with Crippen molar-refractivity contribution < 1.29 is 5.21 Å². The minimum atomic E-state index is 0.115. The second kappa shape index (κ2) is 3.93. The van der Waals surface area contributed by atoms with Crippen LogP contribution in [-0.2, 0) is 0 Å². The van der Waals surface area contributed by atoms with E-state index in [9.17, 15) is 0 Å². The molecule has 5 nitrogen and oxygen atoms in total. The molecular weight excluding hydrogens is 168 g/mol. The molecule has 0 spiro atoms. The summed E-state index contributed by atoms with van der Waals surface area (Å²) in [7, 11) is 0. The Morgan fingerprint density at radius 2 is 2.54 bits per heavy atom. The summed E-state index contributed by atoms with van der Waals surface area (Å²) in [6.07, 6.45) is 2.38. The van der Waals surface area contributed by atoms with Gasteiger partial charge in [0, 0.05) is 12.6 Å². The second-order valence-electron chi connectivity index (χ2n) is 3.08. The number of aromatic nitrogens is 2. The minimum Gasteiger partial charge on any atom is -0.409 e. The Kier molecular flexibility index (Phi) is 2.89. The summed E-state index contributed by atoms with van der Waals surface area (Å²) < 4.78 is 1.80. The average Bonchev–Trinajstić information content (AvgIpc) is 2.51. The van der Waals surface area contributed by atoms with Crippen molar-refractivity contribution in [2.24, 2.45) is 10.9 Å². The van der Waals surface area contributed by atoms with Gasteiger partial charge >= 0.3 is 0 Å². The SMILES string of the molecule is Cc1ccn(C(C)CC(N)=NO)n1. The predicted molar refractivity (Wildman–Crippen MR) is 49.7 cm³/mol. The third-order valence-corrected chi connectivity index (χ3v) is 1.83. The highest BCUT2D eigenvalue weighted by atomic mass is 16.4. The van der Waals surface area contributed by atoms with Crippen LogP contribution in [0, 0.1) is 6.92 Å². The Hall–Kier alpha value is -1.52. The molecule has 0 amide bonds. The minimum absolute atomic E-state index is 0.115. The van der Waals surface area contributed by atoms with Gasteiger partial charge in [0.15, 0.2) is 0 Å². The molecule has 3 N–H and O–H groups in total. The van der Waals surface area contributed by atoms with Crippen molar-refractivity contribution >= 4 is 5.84 Å². The molecule has 1 aromatic heterocycles. The molecule has 1 heterocycles. The first kappa shape index (κ1) is 9.57. The Morgan fingerprint density at radius 3 is 3.00 bits per heavy atom. The Balaban J connectivity index is 2.63. The van der Waals surface area contributed by atoms with Gasteiger partial charge in [-0.05, 0) is 19.9 Å². The number of hydrogen-bond acceptors (Lipinski definition) is 3. The number of aryl methyl sites for hydroxylation is 1. The number of rotatable bonds is 3. The molecular formula is C8H14N4O. The Morgan fingerprint density at radius 1 is 1.85 bits per heavy atom. The number of oxime groups is 1. The number of nitrogens with zero attached hydrogens (tertiary/aromatic N) is 3. The van der Waals surface area contributed by atoms with Crippen LogP contribution in [0.15, 0.2) is 17.4 Å². The van der Waals surface area contributed by atoms with Crippen molar-refractivity contribution in [2.75, 3.05) is 0 Å². The van der Waals surface area contributed by atoms with Crippen LogP contribution in [-0.4, -0.2) is 20.8 Å². The van der Waals surface area contributed by atoms with Crippen LogP contribution in [0.5, 0.6) is 0 Å². The van der Waals surface area contributed by atoms with Crippen LogP contribution in [0.1, 0.15) is 25.1 Å². The molecule has 13 heavy (non-hydrogen) atoms. The average molecular weight is 182 g/mol. The molecule has 5 heteroatoms. The standard InChI is InChI=1S/C8H14N4O/c1-6-3-4-12(10-6)7(2)5-8(9)11-13/h3-4,7,13H,5H2,1-2H3,(H2,9,11). The third kappa shape index (κ3) is 2.47. The maximum atomic E-state index is 8.37. The number of amidine groups is 1. The van der Waals surface area contributed by atoms with Crippen molar-refractivity contribution in [3.8, 4) is 0 Å². The summed E-state index contributed by atoms with van der Waals surface area (Å²) in [4.78, 5) is 0. The summed E-state index contributed by atoms with van der Waals surface area (Å²) >= 11 is 0. The molecule has 0 saturated carbocycles. The quantitative estimate of drug-likeness (QED) is 0.315. The van der Waals surface area contributed by atoms with E-state index in [-0.39, 0.29) is 11.9 Å². The van der Waals surface area contributed by atoms with Crippen LogP contribution < -0.4 is 5.73 Å². The van der Waals surface area contributed by atoms with E-state index in [1.165, 1.54) is 0 Å². The van der Waals surface area contributed by atoms with Gasteiger partial charge in [0.1, 0.15) is 5.84 Å². The monoisotopic (exact) mass is 182 g/mol. The summed E-state index contributed by atoms with van der Waals surface area (Å²) in [6.45, 7) is 3.89. The lowest BCUT2D eigenvalue weighted by Gasteiger charge is -2.10.